The molecule has 0 bridgehead atoms. The van der Waals surface area contributed by atoms with Crippen LogP contribution in [0.25, 0.3) is 11.0 Å². The molecule has 1 unspecified atom stereocenters. The molecule has 2 aliphatic carbocycles. The zero-order chi connectivity index (χ0) is 19.2. The molecule has 0 aliphatic heterocycles. The lowest BCUT2D eigenvalue weighted by atomic mass is 9.86. The number of anilines is 1. The summed E-state index contributed by atoms with van der Waals surface area (Å²) in [6.07, 6.45) is 22.5. The molecule has 2 aromatic rings. The van der Waals surface area contributed by atoms with Gasteiger partial charge >= 0.3 is 0 Å². The molecule has 0 aromatic carbocycles. The van der Waals surface area contributed by atoms with Crippen molar-refractivity contribution in [1.29, 1.82) is 0 Å². The highest BCUT2D eigenvalue weighted by Gasteiger charge is 2.26. The molecular formula is C23H37N4P. The highest BCUT2D eigenvalue weighted by molar-refractivity contribution is 7.38. The van der Waals surface area contributed by atoms with Crippen molar-refractivity contribution in [3.8, 4) is 0 Å². The Morgan fingerprint density at radius 3 is 2.43 bits per heavy atom. The lowest BCUT2D eigenvalue weighted by Gasteiger charge is -2.36. The topological polar surface area (TPSA) is 44.8 Å². The number of hydrogen-bond donors (Lipinski definition) is 1. The molecule has 0 radical (unpaired) electrons. The second-order valence-corrected chi connectivity index (χ2v) is 10.7. The minimum absolute atomic E-state index is 0.623. The van der Waals surface area contributed by atoms with Crippen LogP contribution in [0.3, 0.4) is 0 Å². The fourth-order valence-electron chi connectivity index (χ4n) is 5.22. The predicted octanol–water partition coefficient (Wildman–Crippen LogP) is 6.13. The number of fused-ring (bicyclic) bond motifs is 1. The van der Waals surface area contributed by atoms with Crippen LogP contribution < -0.4 is 4.90 Å². The van der Waals surface area contributed by atoms with Gasteiger partial charge in [-0.15, -0.1) is 8.58 Å². The van der Waals surface area contributed by atoms with Crippen LogP contribution in [0.15, 0.2) is 18.6 Å². The van der Waals surface area contributed by atoms with E-state index in [1.807, 2.05) is 6.20 Å². The van der Waals surface area contributed by atoms with Gasteiger partial charge in [0.15, 0.2) is 0 Å². The van der Waals surface area contributed by atoms with E-state index in [4.69, 9.17) is 0 Å². The van der Waals surface area contributed by atoms with Gasteiger partial charge in [0.1, 0.15) is 17.8 Å². The molecule has 4 nitrogen and oxygen atoms in total. The van der Waals surface area contributed by atoms with E-state index in [1.165, 1.54) is 91.8 Å². The summed E-state index contributed by atoms with van der Waals surface area (Å²) in [5.74, 6) is 2.05. The smallest absolute Gasteiger partial charge is 0.142 e. The Kier molecular flexibility index (Phi) is 7.23. The maximum Gasteiger partial charge on any atom is 0.142 e. The van der Waals surface area contributed by atoms with Crippen LogP contribution >= 0.6 is 8.58 Å². The summed E-state index contributed by atoms with van der Waals surface area (Å²) in [5, 5.41) is 1.15. The first-order chi connectivity index (χ1) is 13.8. The number of aromatic nitrogens is 3. The van der Waals surface area contributed by atoms with Crippen LogP contribution in [0.2, 0.25) is 0 Å². The zero-order valence-electron chi connectivity index (χ0n) is 17.5. The molecule has 154 valence electrons. The van der Waals surface area contributed by atoms with E-state index in [0.29, 0.717) is 6.04 Å². The third-order valence-electron chi connectivity index (χ3n) is 7.08. The summed E-state index contributed by atoms with van der Waals surface area (Å²) in [6.45, 7) is 0. The fourth-order valence-corrected chi connectivity index (χ4v) is 7.11. The Bertz CT molecular complexity index is 712. The van der Waals surface area contributed by atoms with Crippen molar-refractivity contribution in [2.75, 3.05) is 18.1 Å². The van der Waals surface area contributed by atoms with Crippen molar-refractivity contribution in [2.24, 2.45) is 5.92 Å². The quantitative estimate of drug-likeness (QED) is 0.614. The molecule has 4 rings (SSSR count). The summed E-state index contributed by atoms with van der Waals surface area (Å²) < 4.78 is 0. The molecule has 2 fully saturated rings. The minimum Gasteiger partial charge on any atom is -0.356 e. The first kappa shape index (κ1) is 20.1. The van der Waals surface area contributed by atoms with Crippen molar-refractivity contribution >= 4 is 25.4 Å². The molecule has 28 heavy (non-hydrogen) atoms. The average Bonchev–Trinajstić information content (AvgIpc) is 3.25. The molecule has 0 saturated heterocycles. The van der Waals surface area contributed by atoms with Crippen LogP contribution in [0.1, 0.15) is 77.0 Å². The van der Waals surface area contributed by atoms with Crippen molar-refractivity contribution in [2.45, 2.75) is 88.8 Å². The van der Waals surface area contributed by atoms with E-state index in [2.05, 4.69) is 33.0 Å². The second kappa shape index (κ2) is 10.1. The number of hydrogen-bond acceptors (Lipinski definition) is 3. The largest absolute Gasteiger partial charge is 0.356 e. The summed E-state index contributed by atoms with van der Waals surface area (Å²) in [6, 6.07) is 2.72. The minimum atomic E-state index is 0.623. The maximum absolute atomic E-state index is 4.59. The fraction of sp³-hybridized carbons (Fsp3) is 0.739. The van der Waals surface area contributed by atoms with Gasteiger partial charge in [-0.2, -0.15) is 0 Å². The lowest BCUT2D eigenvalue weighted by Crippen LogP contribution is -2.36. The predicted molar refractivity (Wildman–Crippen MR) is 122 cm³/mol. The van der Waals surface area contributed by atoms with Crippen molar-refractivity contribution < 1.29 is 0 Å². The van der Waals surface area contributed by atoms with E-state index in [-0.39, 0.29) is 0 Å². The van der Waals surface area contributed by atoms with Crippen LogP contribution in [0, 0.1) is 5.92 Å². The van der Waals surface area contributed by atoms with Gasteiger partial charge in [0.2, 0.25) is 0 Å². The maximum atomic E-state index is 4.59. The van der Waals surface area contributed by atoms with Crippen molar-refractivity contribution in [1.82, 2.24) is 15.0 Å². The summed E-state index contributed by atoms with van der Waals surface area (Å²) >= 11 is 0. The number of aromatic amines is 1. The summed E-state index contributed by atoms with van der Waals surface area (Å²) in [5.41, 5.74) is 1.99. The van der Waals surface area contributed by atoms with Gasteiger partial charge in [-0.1, -0.05) is 38.5 Å². The number of H-pyrrole nitrogens is 1. The van der Waals surface area contributed by atoms with Gasteiger partial charge < -0.3 is 9.88 Å². The summed E-state index contributed by atoms with van der Waals surface area (Å²) in [4.78, 5) is 14.5. The van der Waals surface area contributed by atoms with Crippen molar-refractivity contribution in [3.63, 3.8) is 0 Å². The van der Waals surface area contributed by atoms with Gasteiger partial charge in [0.25, 0.3) is 0 Å². The Labute approximate surface area is 172 Å². The van der Waals surface area contributed by atoms with E-state index in [9.17, 15) is 0 Å². The summed E-state index contributed by atoms with van der Waals surface area (Å²) in [7, 11) is 3.44. The lowest BCUT2D eigenvalue weighted by molar-refractivity contribution is 0.343. The molecule has 1 N–H and O–H groups in total. The standard InChI is InChI=1S/C23H37N4P/c1-27(23-21-14-15-24-22(21)25-17-26-23)19-12-10-18(11-13-19)16-28-20-8-6-4-2-3-5-7-9-20/h14-15,17-20,28H,2-13,16H2,1H3,(H,24,25,26). The molecule has 2 heterocycles. The van der Waals surface area contributed by atoms with Gasteiger partial charge in [-0.3, -0.25) is 0 Å². The van der Waals surface area contributed by atoms with Gasteiger partial charge in [-0.25, -0.2) is 9.97 Å². The Balaban J connectivity index is 1.25. The number of nitrogens with zero attached hydrogens (tertiary/aromatic N) is 3. The third-order valence-corrected chi connectivity index (χ3v) is 9.05. The zero-order valence-corrected chi connectivity index (χ0v) is 18.5. The molecule has 2 aromatic heterocycles. The van der Waals surface area contributed by atoms with Crippen LogP contribution in [-0.4, -0.2) is 39.9 Å². The van der Waals surface area contributed by atoms with Crippen molar-refractivity contribution in [3.05, 3.63) is 18.6 Å². The molecule has 2 aliphatic rings. The SMILES string of the molecule is CN(c1ncnc2[nH]ccc12)C1CCC(CPC2CCCCCCCC2)CC1. The highest BCUT2D eigenvalue weighted by Crippen LogP contribution is 2.38. The number of rotatable bonds is 5. The first-order valence-corrected chi connectivity index (χ1v) is 12.8. The van der Waals surface area contributed by atoms with Gasteiger partial charge in [0, 0.05) is 19.3 Å². The second-order valence-electron chi connectivity index (χ2n) is 9.03. The average molecular weight is 401 g/mol. The molecular weight excluding hydrogens is 363 g/mol. The van der Waals surface area contributed by atoms with Gasteiger partial charge in [-0.05, 0) is 62.3 Å². The van der Waals surface area contributed by atoms with E-state index in [0.717, 1.165) is 28.4 Å². The number of nitrogens with one attached hydrogen (secondary N) is 1. The van der Waals surface area contributed by atoms with Gasteiger partial charge in [0.05, 0.1) is 5.39 Å². The van der Waals surface area contributed by atoms with Crippen LogP contribution in [0.4, 0.5) is 5.82 Å². The molecule has 1 atom stereocenters. The van der Waals surface area contributed by atoms with E-state index in [1.54, 1.807) is 6.33 Å². The highest BCUT2D eigenvalue weighted by atomic mass is 31.1. The monoisotopic (exact) mass is 400 g/mol. The van der Waals surface area contributed by atoms with Crippen LogP contribution in [0.5, 0.6) is 0 Å². The molecule has 5 heteroatoms. The molecule has 0 spiro atoms. The third kappa shape index (κ3) is 5.06. The Morgan fingerprint density at radius 2 is 1.68 bits per heavy atom. The van der Waals surface area contributed by atoms with Crippen LogP contribution in [-0.2, 0) is 0 Å². The van der Waals surface area contributed by atoms with E-state index >= 15 is 0 Å². The normalized spacial score (nSPS) is 25.6. The first-order valence-electron chi connectivity index (χ1n) is 11.6. The van der Waals surface area contributed by atoms with E-state index < -0.39 is 0 Å². The Morgan fingerprint density at radius 1 is 0.964 bits per heavy atom. The molecule has 2 saturated carbocycles. The molecule has 0 amide bonds. The Hall–Kier alpha value is -1.15.